The first-order chi connectivity index (χ1) is 7.54. The van der Waals surface area contributed by atoms with Crippen LogP contribution in [0.25, 0.3) is 0 Å². The number of hydrogen-bond donors (Lipinski definition) is 1. The van der Waals surface area contributed by atoms with Crippen molar-refractivity contribution in [3.05, 3.63) is 40.1 Å². The van der Waals surface area contributed by atoms with Crippen LogP contribution in [0.1, 0.15) is 10.4 Å². The lowest BCUT2D eigenvalue weighted by Crippen LogP contribution is -1.97. The Morgan fingerprint density at radius 1 is 1.56 bits per heavy atom. The van der Waals surface area contributed by atoms with Gasteiger partial charge in [0.25, 0.3) is 0 Å². The van der Waals surface area contributed by atoms with Crippen molar-refractivity contribution in [2.45, 2.75) is 4.90 Å². The lowest BCUT2D eigenvalue weighted by molar-refractivity contribution is 0.0696. The molecule has 0 saturated heterocycles. The number of carbonyl (C=O) groups is 1. The molecule has 0 saturated carbocycles. The van der Waals surface area contributed by atoms with E-state index in [4.69, 9.17) is 28.3 Å². The smallest absolute Gasteiger partial charge is 0.335 e. The average molecular weight is 281 g/mol. The van der Waals surface area contributed by atoms with Gasteiger partial charge in [-0.15, -0.1) is 11.8 Å². The molecule has 0 heterocycles. The first-order valence-electron chi connectivity index (χ1n) is 4.15. The van der Waals surface area contributed by atoms with Gasteiger partial charge in [-0.3, -0.25) is 0 Å². The summed E-state index contributed by atoms with van der Waals surface area (Å²) in [6.45, 7) is 0. The molecule has 0 aliphatic carbocycles. The maximum atomic E-state index is 13.3. The zero-order valence-corrected chi connectivity index (χ0v) is 10.2. The lowest BCUT2D eigenvalue weighted by atomic mass is 10.2. The lowest BCUT2D eigenvalue weighted by Gasteiger charge is -2.03. The summed E-state index contributed by atoms with van der Waals surface area (Å²) in [5.74, 6) is -1.28. The van der Waals surface area contributed by atoms with E-state index in [1.807, 2.05) is 0 Å². The van der Waals surface area contributed by atoms with Crippen molar-refractivity contribution in [2.24, 2.45) is 0 Å². The van der Waals surface area contributed by atoms with Crippen molar-refractivity contribution in [1.29, 1.82) is 0 Å². The monoisotopic (exact) mass is 280 g/mol. The Labute approximate surface area is 106 Å². The third-order valence-corrected chi connectivity index (χ3v) is 3.52. The molecule has 1 rings (SSSR count). The van der Waals surface area contributed by atoms with Gasteiger partial charge < -0.3 is 5.11 Å². The van der Waals surface area contributed by atoms with Crippen molar-refractivity contribution in [2.75, 3.05) is 5.75 Å². The van der Waals surface area contributed by atoms with Crippen LogP contribution < -0.4 is 0 Å². The van der Waals surface area contributed by atoms with Crippen molar-refractivity contribution >= 4 is 40.9 Å². The minimum Gasteiger partial charge on any atom is -0.478 e. The van der Waals surface area contributed by atoms with Crippen molar-refractivity contribution in [3.63, 3.8) is 0 Å². The zero-order chi connectivity index (χ0) is 12.1. The van der Waals surface area contributed by atoms with Gasteiger partial charge in [-0.2, -0.15) is 0 Å². The molecule has 1 aromatic carbocycles. The van der Waals surface area contributed by atoms with Crippen LogP contribution in [0.3, 0.4) is 0 Å². The molecule has 0 aliphatic rings. The molecule has 0 amide bonds. The molecule has 86 valence electrons. The number of benzene rings is 1. The summed E-state index contributed by atoms with van der Waals surface area (Å²) in [7, 11) is 0. The van der Waals surface area contributed by atoms with Gasteiger partial charge >= 0.3 is 5.97 Å². The normalized spacial score (nSPS) is 11.6. The Bertz CT molecular complexity index is 435. The standard InChI is InChI=1S/C10H7Cl2FO2S/c11-4-7(12)5-16-9-3-6(10(14)15)1-2-8(9)13/h1-4H,5H2,(H,14,15)/b7-4-. The topological polar surface area (TPSA) is 37.3 Å². The Hall–Kier alpha value is -0.710. The largest absolute Gasteiger partial charge is 0.478 e. The Morgan fingerprint density at radius 3 is 2.81 bits per heavy atom. The Morgan fingerprint density at radius 2 is 2.25 bits per heavy atom. The number of carboxylic acids is 1. The zero-order valence-electron chi connectivity index (χ0n) is 7.91. The fourth-order valence-corrected chi connectivity index (χ4v) is 2.05. The molecule has 0 spiro atoms. The first kappa shape index (κ1) is 13.4. The molecule has 2 nitrogen and oxygen atoms in total. The van der Waals surface area contributed by atoms with Gasteiger partial charge in [0.15, 0.2) is 0 Å². The number of aromatic carboxylic acids is 1. The van der Waals surface area contributed by atoms with Crippen LogP contribution in [-0.4, -0.2) is 16.8 Å². The first-order valence-corrected chi connectivity index (χ1v) is 5.95. The highest BCUT2D eigenvalue weighted by molar-refractivity contribution is 7.99. The maximum Gasteiger partial charge on any atom is 0.335 e. The highest BCUT2D eigenvalue weighted by Gasteiger charge is 2.09. The third kappa shape index (κ3) is 3.70. The molecule has 1 N–H and O–H groups in total. The highest BCUT2D eigenvalue weighted by atomic mass is 35.5. The van der Waals surface area contributed by atoms with E-state index < -0.39 is 11.8 Å². The van der Waals surface area contributed by atoms with Gasteiger partial charge in [0.05, 0.1) is 5.56 Å². The quantitative estimate of drug-likeness (QED) is 0.849. The molecule has 0 aromatic heterocycles. The number of thioether (sulfide) groups is 1. The SMILES string of the molecule is O=C(O)c1ccc(F)c(SC/C(Cl)=C/Cl)c1. The van der Waals surface area contributed by atoms with Gasteiger partial charge in [0.1, 0.15) is 5.82 Å². The summed E-state index contributed by atoms with van der Waals surface area (Å²) in [6.07, 6.45) is 0. The van der Waals surface area contributed by atoms with Crippen LogP contribution in [-0.2, 0) is 0 Å². The van der Waals surface area contributed by atoms with E-state index >= 15 is 0 Å². The predicted octanol–water partition coefficient (Wildman–Crippen LogP) is 3.94. The van der Waals surface area contributed by atoms with E-state index in [1.165, 1.54) is 17.7 Å². The third-order valence-electron chi connectivity index (χ3n) is 1.66. The van der Waals surface area contributed by atoms with Gasteiger partial charge in [-0.1, -0.05) is 23.2 Å². The minimum absolute atomic E-state index is 0.0369. The summed E-state index contributed by atoms with van der Waals surface area (Å²) in [5, 5.41) is 9.10. The summed E-state index contributed by atoms with van der Waals surface area (Å²) in [5.41, 5.74) is 1.22. The molecule has 0 bridgehead atoms. The molecular weight excluding hydrogens is 274 g/mol. The molecule has 0 atom stereocenters. The minimum atomic E-state index is -1.10. The van der Waals surface area contributed by atoms with Crippen LogP contribution in [0.2, 0.25) is 0 Å². The van der Waals surface area contributed by atoms with Crippen LogP contribution in [0, 0.1) is 5.82 Å². The van der Waals surface area contributed by atoms with Gasteiger partial charge in [0, 0.05) is 21.2 Å². The second-order valence-corrected chi connectivity index (χ2v) is 4.52. The van der Waals surface area contributed by atoms with E-state index in [1.54, 1.807) is 0 Å². The predicted molar refractivity (Wildman–Crippen MR) is 63.9 cm³/mol. The van der Waals surface area contributed by atoms with Gasteiger partial charge in [-0.05, 0) is 18.2 Å². The second-order valence-electron chi connectivity index (χ2n) is 2.80. The Balaban J connectivity index is 2.86. The van der Waals surface area contributed by atoms with Crippen LogP contribution >= 0.6 is 35.0 Å². The van der Waals surface area contributed by atoms with E-state index in [0.717, 1.165) is 17.8 Å². The number of rotatable bonds is 4. The Kier molecular flexibility index (Phi) is 5.12. The number of halogens is 3. The summed E-state index contributed by atoms with van der Waals surface area (Å²) in [6, 6.07) is 3.59. The second kappa shape index (κ2) is 6.13. The molecule has 0 fully saturated rings. The number of carboxylic acid groups (broad SMARTS) is 1. The van der Waals surface area contributed by atoms with Crippen molar-refractivity contribution < 1.29 is 14.3 Å². The van der Waals surface area contributed by atoms with E-state index in [-0.39, 0.29) is 10.5 Å². The molecule has 0 aliphatic heterocycles. The van der Waals surface area contributed by atoms with Crippen LogP contribution in [0.4, 0.5) is 4.39 Å². The molecule has 0 unspecified atom stereocenters. The van der Waals surface area contributed by atoms with E-state index in [0.29, 0.717) is 10.8 Å². The number of hydrogen-bond acceptors (Lipinski definition) is 2. The summed E-state index contributed by atoms with van der Waals surface area (Å²) in [4.78, 5) is 10.9. The fourth-order valence-electron chi connectivity index (χ4n) is 0.925. The van der Waals surface area contributed by atoms with Crippen LogP contribution in [0.15, 0.2) is 33.7 Å². The highest BCUT2D eigenvalue weighted by Crippen LogP contribution is 2.26. The molecule has 0 radical (unpaired) electrons. The molecule has 1 aromatic rings. The van der Waals surface area contributed by atoms with Gasteiger partial charge in [0.2, 0.25) is 0 Å². The maximum absolute atomic E-state index is 13.3. The molecule has 6 heteroatoms. The molecular formula is C10H7Cl2FO2S. The van der Waals surface area contributed by atoms with Crippen molar-refractivity contribution in [1.82, 2.24) is 0 Å². The van der Waals surface area contributed by atoms with Gasteiger partial charge in [-0.25, -0.2) is 9.18 Å². The van der Waals surface area contributed by atoms with Crippen molar-refractivity contribution in [3.8, 4) is 0 Å². The summed E-state index contributed by atoms with van der Waals surface area (Å²) >= 11 is 12.1. The van der Waals surface area contributed by atoms with Crippen LogP contribution in [0.5, 0.6) is 0 Å². The fraction of sp³-hybridized carbons (Fsp3) is 0.100. The molecule has 16 heavy (non-hydrogen) atoms. The van der Waals surface area contributed by atoms with E-state index in [2.05, 4.69) is 0 Å². The summed E-state index contributed by atoms with van der Waals surface area (Å²) < 4.78 is 13.3. The average Bonchev–Trinajstić information content (AvgIpc) is 2.27. The van der Waals surface area contributed by atoms with E-state index in [9.17, 15) is 9.18 Å².